The smallest absolute Gasteiger partial charge is 0.335 e. The SMILES string of the molecule is C=C(CO)C(=O)OCCCCCOC1CCC(c2ccc([Si](C)(C)CCCC)cc2)CC1. The van der Waals surface area contributed by atoms with Crippen LogP contribution in [0, 0.1) is 0 Å². The number of aliphatic hydroxyl groups is 1. The standard InChI is InChI=1S/C27H44O4Si/c1-5-6-20-32(3,4)26-16-12-24(13-17-26)23-10-14-25(15-11-23)30-18-8-7-9-19-31-27(29)22(2)21-28/h12-13,16-17,23,25,28H,2,5-11,14-15,18-21H2,1,3-4H3. The van der Waals surface area contributed by atoms with Crippen LogP contribution in [0.1, 0.15) is 76.2 Å². The topological polar surface area (TPSA) is 55.8 Å². The van der Waals surface area contributed by atoms with Gasteiger partial charge in [0, 0.05) is 6.61 Å². The molecule has 5 heteroatoms. The molecule has 0 saturated heterocycles. The van der Waals surface area contributed by atoms with Crippen molar-refractivity contribution in [1.82, 2.24) is 0 Å². The second-order valence-corrected chi connectivity index (χ2v) is 14.8. The van der Waals surface area contributed by atoms with Crippen molar-refractivity contribution in [3.8, 4) is 0 Å². The fourth-order valence-corrected chi connectivity index (χ4v) is 7.09. The molecule has 1 aromatic carbocycles. The highest BCUT2D eigenvalue weighted by atomic mass is 28.3. The van der Waals surface area contributed by atoms with Gasteiger partial charge in [0.1, 0.15) is 0 Å². The number of ether oxygens (including phenoxy) is 2. The zero-order valence-electron chi connectivity index (χ0n) is 20.5. The number of aliphatic hydroxyl groups excluding tert-OH is 1. The third kappa shape index (κ3) is 8.84. The second kappa shape index (κ2) is 14.0. The van der Waals surface area contributed by atoms with Gasteiger partial charge in [-0.15, -0.1) is 0 Å². The number of esters is 1. The first kappa shape index (κ1) is 26.8. The molecule has 0 atom stereocenters. The van der Waals surface area contributed by atoms with Crippen LogP contribution in [-0.4, -0.2) is 45.1 Å². The van der Waals surface area contributed by atoms with Gasteiger partial charge in [0.05, 0.1) is 33.0 Å². The van der Waals surface area contributed by atoms with Crippen molar-refractivity contribution in [2.45, 2.75) is 95.9 Å². The summed E-state index contributed by atoms with van der Waals surface area (Å²) in [6, 6.07) is 11.0. The summed E-state index contributed by atoms with van der Waals surface area (Å²) in [5, 5.41) is 10.4. The van der Waals surface area contributed by atoms with Crippen molar-refractivity contribution in [2.75, 3.05) is 19.8 Å². The number of unbranched alkanes of at least 4 members (excludes halogenated alkanes) is 3. The molecular weight excluding hydrogens is 416 g/mol. The Morgan fingerprint density at radius 2 is 1.69 bits per heavy atom. The van der Waals surface area contributed by atoms with Gasteiger partial charge in [0.25, 0.3) is 0 Å². The molecule has 4 nitrogen and oxygen atoms in total. The highest BCUT2D eigenvalue weighted by Crippen LogP contribution is 2.34. The van der Waals surface area contributed by atoms with Crippen LogP contribution in [0.3, 0.4) is 0 Å². The number of benzene rings is 1. The van der Waals surface area contributed by atoms with Crippen molar-refractivity contribution in [2.24, 2.45) is 0 Å². The third-order valence-corrected chi connectivity index (χ3v) is 10.3. The van der Waals surface area contributed by atoms with E-state index in [0.29, 0.717) is 18.6 Å². The van der Waals surface area contributed by atoms with Crippen LogP contribution in [0.15, 0.2) is 36.4 Å². The van der Waals surface area contributed by atoms with E-state index in [-0.39, 0.29) is 12.2 Å². The van der Waals surface area contributed by atoms with Gasteiger partial charge < -0.3 is 14.6 Å². The lowest BCUT2D eigenvalue weighted by Gasteiger charge is -2.29. The maximum absolute atomic E-state index is 11.4. The molecule has 32 heavy (non-hydrogen) atoms. The summed E-state index contributed by atoms with van der Waals surface area (Å²) in [6.45, 7) is 11.5. The summed E-state index contributed by atoms with van der Waals surface area (Å²) >= 11 is 0. The van der Waals surface area contributed by atoms with E-state index in [2.05, 4.69) is 50.9 Å². The minimum absolute atomic E-state index is 0.109. The minimum Gasteiger partial charge on any atom is -0.462 e. The molecule has 0 radical (unpaired) electrons. The average molecular weight is 461 g/mol. The van der Waals surface area contributed by atoms with Crippen LogP contribution in [-0.2, 0) is 14.3 Å². The molecule has 0 heterocycles. The second-order valence-electron chi connectivity index (χ2n) is 9.91. The van der Waals surface area contributed by atoms with Crippen LogP contribution < -0.4 is 5.19 Å². The molecule has 0 aliphatic heterocycles. The molecule has 0 spiro atoms. The van der Waals surface area contributed by atoms with Gasteiger partial charge in [0.15, 0.2) is 0 Å². The monoisotopic (exact) mass is 460 g/mol. The Morgan fingerprint density at radius 1 is 1.03 bits per heavy atom. The normalized spacial score (nSPS) is 19.0. The van der Waals surface area contributed by atoms with Crippen molar-refractivity contribution in [3.05, 3.63) is 42.0 Å². The number of hydrogen-bond acceptors (Lipinski definition) is 4. The van der Waals surface area contributed by atoms with Crippen LogP contribution in [0.25, 0.3) is 0 Å². The zero-order valence-corrected chi connectivity index (χ0v) is 21.5. The first-order valence-corrected chi connectivity index (χ1v) is 15.8. The summed E-state index contributed by atoms with van der Waals surface area (Å²) in [5.74, 6) is 0.171. The Labute approximate surface area is 196 Å². The van der Waals surface area contributed by atoms with E-state index in [0.717, 1.165) is 38.7 Å². The third-order valence-electron chi connectivity index (χ3n) is 6.85. The average Bonchev–Trinajstić information content (AvgIpc) is 2.82. The summed E-state index contributed by atoms with van der Waals surface area (Å²) in [5.41, 5.74) is 1.61. The van der Waals surface area contributed by atoms with E-state index < -0.39 is 14.0 Å². The summed E-state index contributed by atoms with van der Waals surface area (Å²) in [7, 11) is -1.28. The fourth-order valence-electron chi connectivity index (χ4n) is 4.49. The number of rotatable bonds is 14. The first-order valence-electron chi connectivity index (χ1n) is 12.5. The Bertz CT molecular complexity index is 690. The van der Waals surface area contributed by atoms with E-state index in [4.69, 9.17) is 14.6 Å². The van der Waals surface area contributed by atoms with Gasteiger partial charge in [-0.25, -0.2) is 4.79 Å². The molecule has 0 unspecified atom stereocenters. The molecule has 1 N–H and O–H groups in total. The summed E-state index contributed by atoms with van der Waals surface area (Å²) < 4.78 is 11.2. The van der Waals surface area contributed by atoms with Gasteiger partial charge in [-0.1, -0.05) is 74.9 Å². The van der Waals surface area contributed by atoms with Crippen LogP contribution in [0.5, 0.6) is 0 Å². The van der Waals surface area contributed by atoms with Crippen LogP contribution in [0.4, 0.5) is 0 Å². The van der Waals surface area contributed by atoms with E-state index in [1.54, 1.807) is 5.19 Å². The van der Waals surface area contributed by atoms with Crippen molar-refractivity contribution < 1.29 is 19.4 Å². The lowest BCUT2D eigenvalue weighted by molar-refractivity contribution is -0.139. The predicted octanol–water partition coefficient (Wildman–Crippen LogP) is 5.71. The van der Waals surface area contributed by atoms with E-state index in [1.807, 2.05) is 0 Å². The molecule has 0 bridgehead atoms. The van der Waals surface area contributed by atoms with Crippen molar-refractivity contribution >= 4 is 19.2 Å². The molecule has 0 aromatic heterocycles. The van der Waals surface area contributed by atoms with Gasteiger partial charge in [-0.3, -0.25) is 0 Å². The lowest BCUT2D eigenvalue weighted by atomic mass is 9.83. The molecule has 0 amide bonds. The van der Waals surface area contributed by atoms with Crippen LogP contribution in [0.2, 0.25) is 19.1 Å². The van der Waals surface area contributed by atoms with Crippen molar-refractivity contribution in [3.63, 3.8) is 0 Å². The number of carbonyl (C=O) groups is 1. The van der Waals surface area contributed by atoms with Crippen LogP contribution >= 0.6 is 0 Å². The van der Waals surface area contributed by atoms with E-state index >= 15 is 0 Å². The molecule has 1 saturated carbocycles. The molecular formula is C27H44O4Si. The van der Waals surface area contributed by atoms with E-state index in [9.17, 15) is 4.79 Å². The number of hydrogen-bond donors (Lipinski definition) is 1. The quantitative estimate of drug-likeness (QED) is 0.167. The van der Waals surface area contributed by atoms with Gasteiger partial charge in [-0.2, -0.15) is 0 Å². The molecule has 1 aliphatic rings. The first-order chi connectivity index (χ1) is 15.4. The summed E-state index contributed by atoms with van der Waals surface area (Å²) in [6.07, 6.45) is 10.5. The molecule has 2 rings (SSSR count). The Kier molecular flexibility index (Phi) is 11.7. The zero-order chi connectivity index (χ0) is 23.4. The Morgan fingerprint density at radius 3 is 2.31 bits per heavy atom. The largest absolute Gasteiger partial charge is 0.462 e. The highest BCUT2D eigenvalue weighted by molar-refractivity contribution is 6.89. The molecule has 1 fully saturated rings. The number of carbonyl (C=O) groups excluding carboxylic acids is 1. The maximum atomic E-state index is 11.4. The van der Waals surface area contributed by atoms with E-state index in [1.165, 1.54) is 37.3 Å². The Hall–Kier alpha value is -1.43. The van der Waals surface area contributed by atoms with Gasteiger partial charge in [0.2, 0.25) is 0 Å². The predicted molar refractivity (Wildman–Crippen MR) is 135 cm³/mol. The molecule has 1 aromatic rings. The van der Waals surface area contributed by atoms with Gasteiger partial charge >= 0.3 is 5.97 Å². The maximum Gasteiger partial charge on any atom is 0.335 e. The van der Waals surface area contributed by atoms with Crippen molar-refractivity contribution in [1.29, 1.82) is 0 Å². The van der Waals surface area contributed by atoms with Gasteiger partial charge in [-0.05, 0) is 56.4 Å². The molecule has 1 aliphatic carbocycles. The molecule has 180 valence electrons. The fraction of sp³-hybridized carbons (Fsp3) is 0.667. The summed E-state index contributed by atoms with van der Waals surface area (Å²) in [4.78, 5) is 11.4. The lowest BCUT2D eigenvalue weighted by Crippen LogP contribution is -2.41. The Balaban J connectivity index is 1.61. The minimum atomic E-state index is -1.28. The highest BCUT2D eigenvalue weighted by Gasteiger charge is 2.25.